The molecule has 2 rings (SSSR count). The Hall–Kier alpha value is -1.06. The number of benzene rings is 1. The number of phenolic OH excluding ortho intramolecular Hbond substituents is 1. The smallest absolute Gasteiger partial charge is 0.115 e. The first-order chi connectivity index (χ1) is 8.91. The summed E-state index contributed by atoms with van der Waals surface area (Å²) in [6, 6.07) is 7.11. The highest BCUT2D eigenvalue weighted by Gasteiger charge is 2.42. The van der Waals surface area contributed by atoms with Crippen LogP contribution in [0.2, 0.25) is 0 Å². The van der Waals surface area contributed by atoms with Crippen molar-refractivity contribution in [2.75, 3.05) is 20.6 Å². The zero-order chi connectivity index (χ0) is 14.0. The number of hydrogen-bond donors (Lipinski definition) is 2. The van der Waals surface area contributed by atoms with Crippen molar-refractivity contribution in [1.82, 2.24) is 4.90 Å². The molecule has 0 radical (unpaired) electrons. The van der Waals surface area contributed by atoms with Crippen LogP contribution in [0.4, 0.5) is 0 Å². The Balaban J connectivity index is 2.33. The van der Waals surface area contributed by atoms with E-state index in [0.29, 0.717) is 5.92 Å². The van der Waals surface area contributed by atoms with Crippen molar-refractivity contribution in [2.45, 2.75) is 31.8 Å². The summed E-state index contributed by atoms with van der Waals surface area (Å²) in [5.74, 6) is 0.971. The third kappa shape index (κ3) is 3.10. The summed E-state index contributed by atoms with van der Waals surface area (Å²) in [7, 11) is 4.09. The Morgan fingerprint density at radius 3 is 2.68 bits per heavy atom. The topological polar surface area (TPSA) is 43.7 Å². The summed E-state index contributed by atoms with van der Waals surface area (Å²) in [5, 5.41) is 20.9. The van der Waals surface area contributed by atoms with Crippen LogP contribution in [0.3, 0.4) is 0 Å². The van der Waals surface area contributed by atoms with E-state index in [-0.39, 0.29) is 11.7 Å². The molecule has 0 spiro atoms. The Morgan fingerprint density at radius 2 is 2.05 bits per heavy atom. The van der Waals surface area contributed by atoms with Crippen LogP contribution >= 0.6 is 0 Å². The number of rotatable bonds is 3. The fraction of sp³-hybridized carbons (Fsp3) is 0.625. The van der Waals surface area contributed by atoms with Crippen molar-refractivity contribution >= 4 is 0 Å². The van der Waals surface area contributed by atoms with Gasteiger partial charge in [-0.15, -0.1) is 0 Å². The average molecular weight is 263 g/mol. The van der Waals surface area contributed by atoms with Gasteiger partial charge in [0, 0.05) is 12.5 Å². The molecule has 1 unspecified atom stereocenters. The third-order valence-electron chi connectivity index (χ3n) is 4.27. The molecule has 1 fully saturated rings. The standard InChI is InChI=1S/C16H25NO2/c1-12-7-8-14(11-17(2)3)16(19,10-12)13-5-4-6-15(18)9-13/h4-6,9,12,14,18-19H,7-8,10-11H2,1-3H3/t12-,14?,16-/m0/s1. The van der Waals surface area contributed by atoms with E-state index in [0.717, 1.165) is 24.9 Å². The second-order valence-electron chi connectivity index (χ2n) is 6.32. The lowest BCUT2D eigenvalue weighted by molar-refractivity contribution is -0.0766. The van der Waals surface area contributed by atoms with Crippen LogP contribution < -0.4 is 0 Å². The lowest BCUT2D eigenvalue weighted by Gasteiger charge is -2.44. The molecule has 1 saturated carbocycles. The van der Waals surface area contributed by atoms with E-state index in [1.165, 1.54) is 6.42 Å². The van der Waals surface area contributed by atoms with Gasteiger partial charge in [-0.25, -0.2) is 0 Å². The second kappa shape index (κ2) is 5.51. The van der Waals surface area contributed by atoms with E-state index in [9.17, 15) is 10.2 Å². The van der Waals surface area contributed by atoms with Crippen LogP contribution in [-0.2, 0) is 5.60 Å². The van der Waals surface area contributed by atoms with Crippen molar-refractivity contribution in [2.24, 2.45) is 11.8 Å². The van der Waals surface area contributed by atoms with Gasteiger partial charge in [0.15, 0.2) is 0 Å². The van der Waals surface area contributed by atoms with Gasteiger partial charge in [-0.05, 0) is 50.6 Å². The zero-order valence-corrected chi connectivity index (χ0v) is 12.1. The van der Waals surface area contributed by atoms with Crippen molar-refractivity contribution < 1.29 is 10.2 Å². The number of aliphatic hydroxyl groups is 1. The van der Waals surface area contributed by atoms with Crippen LogP contribution in [0.15, 0.2) is 24.3 Å². The fourth-order valence-corrected chi connectivity index (χ4v) is 3.34. The summed E-state index contributed by atoms with van der Waals surface area (Å²) in [4.78, 5) is 2.13. The first-order valence-corrected chi connectivity index (χ1v) is 7.08. The lowest BCUT2D eigenvalue weighted by Crippen LogP contribution is -2.44. The summed E-state index contributed by atoms with van der Waals surface area (Å²) < 4.78 is 0. The van der Waals surface area contributed by atoms with Crippen LogP contribution in [0.1, 0.15) is 31.7 Å². The summed E-state index contributed by atoms with van der Waals surface area (Å²) >= 11 is 0. The monoisotopic (exact) mass is 263 g/mol. The van der Waals surface area contributed by atoms with Gasteiger partial charge in [0.05, 0.1) is 5.60 Å². The van der Waals surface area contributed by atoms with Gasteiger partial charge in [-0.1, -0.05) is 25.5 Å². The molecule has 1 aliphatic carbocycles. The third-order valence-corrected chi connectivity index (χ3v) is 4.27. The van der Waals surface area contributed by atoms with Gasteiger partial charge in [-0.3, -0.25) is 0 Å². The summed E-state index contributed by atoms with van der Waals surface area (Å²) in [6.07, 6.45) is 2.97. The molecule has 2 N–H and O–H groups in total. The maximum atomic E-state index is 11.2. The Morgan fingerprint density at radius 1 is 1.32 bits per heavy atom. The van der Waals surface area contributed by atoms with E-state index < -0.39 is 5.60 Å². The molecule has 0 heterocycles. The Labute approximate surface area is 115 Å². The van der Waals surface area contributed by atoms with Crippen LogP contribution in [0.5, 0.6) is 5.75 Å². The van der Waals surface area contributed by atoms with Crippen molar-refractivity contribution in [3.8, 4) is 5.75 Å². The largest absolute Gasteiger partial charge is 0.508 e. The second-order valence-corrected chi connectivity index (χ2v) is 6.32. The predicted molar refractivity (Wildman–Crippen MR) is 77.1 cm³/mol. The SMILES string of the molecule is C[C@H]1CCC(CN(C)C)[C@@](O)(c2cccc(O)c2)C1. The molecule has 0 saturated heterocycles. The fourth-order valence-electron chi connectivity index (χ4n) is 3.34. The van der Waals surface area contributed by atoms with Crippen LogP contribution in [0, 0.1) is 11.8 Å². The first kappa shape index (κ1) is 14.4. The first-order valence-electron chi connectivity index (χ1n) is 7.08. The minimum Gasteiger partial charge on any atom is -0.508 e. The quantitative estimate of drug-likeness (QED) is 0.881. The number of hydrogen-bond acceptors (Lipinski definition) is 3. The van der Waals surface area contributed by atoms with Crippen LogP contribution in [-0.4, -0.2) is 35.8 Å². The van der Waals surface area contributed by atoms with Gasteiger partial charge < -0.3 is 15.1 Å². The highest BCUT2D eigenvalue weighted by atomic mass is 16.3. The molecule has 0 aromatic heterocycles. The van der Waals surface area contributed by atoms with E-state index >= 15 is 0 Å². The van der Waals surface area contributed by atoms with Gasteiger partial charge in [0.25, 0.3) is 0 Å². The van der Waals surface area contributed by atoms with Gasteiger partial charge in [-0.2, -0.15) is 0 Å². The van der Waals surface area contributed by atoms with Crippen molar-refractivity contribution in [3.63, 3.8) is 0 Å². The van der Waals surface area contributed by atoms with Gasteiger partial charge in [0.1, 0.15) is 5.75 Å². The van der Waals surface area contributed by atoms with E-state index in [2.05, 4.69) is 11.8 Å². The normalized spacial score (nSPS) is 31.6. The maximum absolute atomic E-state index is 11.2. The molecule has 1 aliphatic rings. The molecule has 3 atom stereocenters. The molecule has 1 aromatic rings. The number of aromatic hydroxyl groups is 1. The molecule has 0 bridgehead atoms. The average Bonchev–Trinajstić information content (AvgIpc) is 2.32. The number of phenols is 1. The molecule has 0 aliphatic heterocycles. The highest BCUT2D eigenvalue weighted by molar-refractivity contribution is 5.32. The molecular weight excluding hydrogens is 238 g/mol. The van der Waals surface area contributed by atoms with Crippen molar-refractivity contribution in [1.29, 1.82) is 0 Å². The maximum Gasteiger partial charge on any atom is 0.115 e. The molecule has 3 heteroatoms. The molecule has 1 aromatic carbocycles. The Kier molecular flexibility index (Phi) is 4.16. The zero-order valence-electron chi connectivity index (χ0n) is 12.1. The van der Waals surface area contributed by atoms with Crippen LogP contribution in [0.25, 0.3) is 0 Å². The van der Waals surface area contributed by atoms with Crippen molar-refractivity contribution in [3.05, 3.63) is 29.8 Å². The number of nitrogens with zero attached hydrogens (tertiary/aromatic N) is 1. The van der Waals surface area contributed by atoms with E-state index in [1.54, 1.807) is 12.1 Å². The molecular formula is C16H25NO2. The minimum atomic E-state index is -0.819. The Bertz CT molecular complexity index is 433. The lowest BCUT2D eigenvalue weighted by atomic mass is 9.68. The molecule has 106 valence electrons. The summed E-state index contributed by atoms with van der Waals surface area (Å²) in [6.45, 7) is 3.07. The molecule has 0 amide bonds. The predicted octanol–water partition coefficient (Wildman–Crippen LogP) is 2.58. The minimum absolute atomic E-state index is 0.223. The summed E-state index contributed by atoms with van der Waals surface area (Å²) in [5.41, 5.74) is 0.0339. The van der Waals surface area contributed by atoms with E-state index in [1.807, 2.05) is 26.2 Å². The highest BCUT2D eigenvalue weighted by Crippen LogP contribution is 2.44. The molecule has 19 heavy (non-hydrogen) atoms. The molecule has 3 nitrogen and oxygen atoms in total. The van der Waals surface area contributed by atoms with Gasteiger partial charge >= 0.3 is 0 Å². The van der Waals surface area contributed by atoms with E-state index in [4.69, 9.17) is 0 Å². The van der Waals surface area contributed by atoms with Gasteiger partial charge in [0.2, 0.25) is 0 Å².